The van der Waals surface area contributed by atoms with Crippen LogP contribution in [-0.2, 0) is 7.05 Å². The Morgan fingerprint density at radius 1 is 1.23 bits per heavy atom. The number of non-ortho nitro benzene ring substituents is 1. The molecule has 0 spiro atoms. The monoisotopic (exact) mass is 425 g/mol. The SMILES string of the molecule is Cn1cnc2ccc(Oc3c(Br)cc([N+](=O)[O-])cc3Br)cc21. The van der Waals surface area contributed by atoms with Crippen LogP contribution in [0.25, 0.3) is 11.0 Å². The van der Waals surface area contributed by atoms with Crippen molar-refractivity contribution in [3.63, 3.8) is 0 Å². The number of ether oxygens (including phenoxy) is 1. The van der Waals surface area contributed by atoms with E-state index in [1.165, 1.54) is 12.1 Å². The van der Waals surface area contributed by atoms with Crippen LogP contribution in [0.2, 0.25) is 0 Å². The van der Waals surface area contributed by atoms with Gasteiger partial charge in [-0.25, -0.2) is 4.98 Å². The van der Waals surface area contributed by atoms with Gasteiger partial charge in [0.05, 0.1) is 31.2 Å². The van der Waals surface area contributed by atoms with E-state index in [-0.39, 0.29) is 5.69 Å². The molecule has 8 heteroatoms. The number of aryl methyl sites for hydroxylation is 1. The van der Waals surface area contributed by atoms with Crippen LogP contribution in [-0.4, -0.2) is 14.5 Å². The molecule has 6 nitrogen and oxygen atoms in total. The van der Waals surface area contributed by atoms with Crippen molar-refractivity contribution in [3.8, 4) is 11.5 Å². The number of hydrogen-bond donors (Lipinski definition) is 0. The van der Waals surface area contributed by atoms with Gasteiger partial charge in [-0.15, -0.1) is 0 Å². The number of nitrogens with zero attached hydrogens (tertiary/aromatic N) is 3. The van der Waals surface area contributed by atoms with E-state index in [1.807, 2.05) is 23.7 Å². The molecule has 0 aliphatic carbocycles. The van der Waals surface area contributed by atoms with Gasteiger partial charge >= 0.3 is 0 Å². The second-order valence-electron chi connectivity index (χ2n) is 4.60. The topological polar surface area (TPSA) is 70.2 Å². The van der Waals surface area contributed by atoms with Crippen molar-refractivity contribution in [2.24, 2.45) is 7.05 Å². The molecule has 1 aromatic heterocycles. The van der Waals surface area contributed by atoms with E-state index in [2.05, 4.69) is 36.8 Å². The quantitative estimate of drug-likeness (QED) is 0.445. The number of benzene rings is 2. The van der Waals surface area contributed by atoms with Crippen LogP contribution < -0.4 is 4.74 Å². The van der Waals surface area contributed by atoms with Crippen molar-refractivity contribution >= 4 is 48.6 Å². The van der Waals surface area contributed by atoms with Gasteiger partial charge in [-0.2, -0.15) is 0 Å². The Bertz CT molecular complexity index is 869. The second kappa shape index (κ2) is 5.69. The standard InChI is InChI=1S/C14H9Br2N3O3/c1-18-7-17-12-3-2-9(6-13(12)18)22-14-10(15)4-8(19(20)21)5-11(14)16/h2-7H,1H3. The smallest absolute Gasteiger partial charge is 0.271 e. The first kappa shape index (κ1) is 15.0. The average Bonchev–Trinajstić information content (AvgIpc) is 2.84. The number of fused-ring (bicyclic) bond motifs is 1. The molecular formula is C14H9Br2N3O3. The maximum atomic E-state index is 10.8. The number of aromatic nitrogens is 2. The van der Waals surface area contributed by atoms with Gasteiger partial charge in [-0.05, 0) is 44.0 Å². The van der Waals surface area contributed by atoms with Crippen LogP contribution in [0.5, 0.6) is 11.5 Å². The van der Waals surface area contributed by atoms with E-state index >= 15 is 0 Å². The fourth-order valence-corrected chi connectivity index (χ4v) is 3.36. The van der Waals surface area contributed by atoms with Gasteiger partial charge in [0.15, 0.2) is 5.75 Å². The molecular weight excluding hydrogens is 418 g/mol. The minimum absolute atomic E-state index is 0.0202. The summed E-state index contributed by atoms with van der Waals surface area (Å²) in [6, 6.07) is 8.33. The largest absolute Gasteiger partial charge is 0.455 e. The van der Waals surface area contributed by atoms with E-state index in [9.17, 15) is 10.1 Å². The van der Waals surface area contributed by atoms with Crippen LogP contribution >= 0.6 is 31.9 Å². The van der Waals surface area contributed by atoms with Gasteiger partial charge in [0.1, 0.15) is 5.75 Å². The van der Waals surface area contributed by atoms with Gasteiger partial charge in [-0.1, -0.05) is 0 Å². The minimum atomic E-state index is -0.457. The molecule has 3 aromatic rings. The summed E-state index contributed by atoms with van der Waals surface area (Å²) in [5, 5.41) is 10.8. The van der Waals surface area contributed by atoms with Crippen molar-refractivity contribution < 1.29 is 9.66 Å². The minimum Gasteiger partial charge on any atom is -0.455 e. The highest BCUT2D eigenvalue weighted by molar-refractivity contribution is 9.11. The van der Waals surface area contributed by atoms with Crippen LogP contribution in [0.1, 0.15) is 0 Å². The van der Waals surface area contributed by atoms with E-state index < -0.39 is 4.92 Å². The number of hydrogen-bond acceptors (Lipinski definition) is 4. The number of halogens is 2. The van der Waals surface area contributed by atoms with E-state index in [1.54, 1.807) is 12.4 Å². The van der Waals surface area contributed by atoms with Crippen LogP contribution in [0.3, 0.4) is 0 Å². The third kappa shape index (κ3) is 2.71. The van der Waals surface area contributed by atoms with Gasteiger partial charge in [0, 0.05) is 25.2 Å². The Morgan fingerprint density at radius 2 is 1.91 bits per heavy atom. The predicted molar refractivity (Wildman–Crippen MR) is 89.3 cm³/mol. The van der Waals surface area contributed by atoms with Crippen LogP contribution in [0, 0.1) is 10.1 Å². The molecule has 0 N–H and O–H groups in total. The maximum absolute atomic E-state index is 10.8. The summed E-state index contributed by atoms with van der Waals surface area (Å²) in [7, 11) is 1.90. The molecule has 0 fully saturated rings. The van der Waals surface area contributed by atoms with Gasteiger partial charge in [-0.3, -0.25) is 10.1 Å². The van der Waals surface area contributed by atoms with Crippen molar-refractivity contribution in [2.45, 2.75) is 0 Å². The summed E-state index contributed by atoms with van der Waals surface area (Å²) in [6.07, 6.45) is 1.73. The highest BCUT2D eigenvalue weighted by Crippen LogP contribution is 2.40. The Morgan fingerprint density at radius 3 is 2.55 bits per heavy atom. The molecule has 0 unspecified atom stereocenters. The Hall–Kier alpha value is -1.93. The summed E-state index contributed by atoms with van der Waals surface area (Å²) in [5.41, 5.74) is 1.79. The lowest BCUT2D eigenvalue weighted by molar-refractivity contribution is -0.385. The first-order valence-electron chi connectivity index (χ1n) is 6.18. The summed E-state index contributed by atoms with van der Waals surface area (Å²) < 4.78 is 8.74. The zero-order chi connectivity index (χ0) is 15.9. The number of imidazole rings is 1. The molecule has 0 saturated heterocycles. The first-order chi connectivity index (χ1) is 10.5. The summed E-state index contributed by atoms with van der Waals surface area (Å²) in [5.74, 6) is 1.10. The van der Waals surface area contributed by atoms with Crippen molar-refractivity contribution in [1.29, 1.82) is 0 Å². The van der Waals surface area contributed by atoms with E-state index in [4.69, 9.17) is 4.74 Å². The second-order valence-corrected chi connectivity index (χ2v) is 6.31. The number of nitro groups is 1. The van der Waals surface area contributed by atoms with Crippen LogP contribution in [0.4, 0.5) is 5.69 Å². The van der Waals surface area contributed by atoms with Crippen molar-refractivity contribution in [2.75, 3.05) is 0 Å². The maximum Gasteiger partial charge on any atom is 0.271 e. The fraction of sp³-hybridized carbons (Fsp3) is 0.0714. The normalized spacial score (nSPS) is 10.9. The molecule has 0 aliphatic rings. The molecule has 0 atom stereocenters. The Balaban J connectivity index is 2.01. The average molecular weight is 427 g/mol. The molecule has 0 radical (unpaired) electrons. The third-order valence-corrected chi connectivity index (χ3v) is 4.29. The Labute approximate surface area is 142 Å². The van der Waals surface area contributed by atoms with E-state index in [0.717, 1.165) is 11.0 Å². The Kier molecular flexibility index (Phi) is 3.88. The number of rotatable bonds is 3. The predicted octanol–water partition coefficient (Wildman–Crippen LogP) is 4.80. The molecule has 3 rings (SSSR count). The zero-order valence-electron chi connectivity index (χ0n) is 11.3. The van der Waals surface area contributed by atoms with Gasteiger partial charge in [0.25, 0.3) is 5.69 Å². The highest BCUT2D eigenvalue weighted by Gasteiger charge is 2.16. The van der Waals surface area contributed by atoms with Crippen LogP contribution in [0.15, 0.2) is 45.6 Å². The number of nitro benzene ring substituents is 1. The highest BCUT2D eigenvalue weighted by atomic mass is 79.9. The molecule has 1 heterocycles. The zero-order valence-corrected chi connectivity index (χ0v) is 14.5. The summed E-state index contributed by atoms with van der Waals surface area (Å²) >= 11 is 6.61. The third-order valence-electron chi connectivity index (χ3n) is 3.11. The lowest BCUT2D eigenvalue weighted by Gasteiger charge is -2.10. The van der Waals surface area contributed by atoms with Crippen molar-refractivity contribution in [1.82, 2.24) is 9.55 Å². The van der Waals surface area contributed by atoms with Crippen molar-refractivity contribution in [3.05, 3.63) is 55.7 Å². The van der Waals surface area contributed by atoms with Gasteiger partial charge < -0.3 is 9.30 Å². The fourth-order valence-electron chi connectivity index (χ4n) is 2.04. The lowest BCUT2D eigenvalue weighted by atomic mass is 10.3. The molecule has 22 heavy (non-hydrogen) atoms. The summed E-state index contributed by atoms with van der Waals surface area (Å²) in [6.45, 7) is 0. The van der Waals surface area contributed by atoms with E-state index in [0.29, 0.717) is 20.4 Å². The van der Waals surface area contributed by atoms with Gasteiger partial charge in [0.2, 0.25) is 0 Å². The molecule has 0 bridgehead atoms. The first-order valence-corrected chi connectivity index (χ1v) is 7.76. The lowest BCUT2D eigenvalue weighted by Crippen LogP contribution is -1.92. The molecule has 2 aromatic carbocycles. The molecule has 0 saturated carbocycles. The molecule has 0 aliphatic heterocycles. The molecule has 0 amide bonds. The molecule has 112 valence electrons. The summed E-state index contributed by atoms with van der Waals surface area (Å²) in [4.78, 5) is 14.6.